The predicted molar refractivity (Wildman–Crippen MR) is 127 cm³/mol. The highest BCUT2D eigenvalue weighted by Crippen LogP contribution is 2.34. The van der Waals surface area contributed by atoms with Crippen molar-refractivity contribution in [2.45, 2.75) is 26.3 Å². The third kappa shape index (κ3) is 2.86. The third-order valence-electron chi connectivity index (χ3n) is 5.69. The summed E-state index contributed by atoms with van der Waals surface area (Å²) in [4.78, 5) is 0. The van der Waals surface area contributed by atoms with Crippen molar-refractivity contribution in [1.82, 2.24) is 4.57 Å². The highest BCUT2D eigenvalue weighted by molar-refractivity contribution is 6.19. The molecule has 142 valence electrons. The van der Waals surface area contributed by atoms with Gasteiger partial charge in [-0.05, 0) is 54.4 Å². The second kappa shape index (κ2) is 6.63. The zero-order chi connectivity index (χ0) is 20.0. The first-order chi connectivity index (χ1) is 14.1. The van der Waals surface area contributed by atoms with Crippen molar-refractivity contribution in [1.29, 1.82) is 0 Å². The van der Waals surface area contributed by atoms with E-state index in [4.69, 9.17) is 0 Å². The van der Waals surface area contributed by atoms with Crippen molar-refractivity contribution in [2.75, 3.05) is 0 Å². The van der Waals surface area contributed by atoms with Crippen LogP contribution < -0.4 is 0 Å². The molecule has 0 spiro atoms. The Kier molecular flexibility index (Phi) is 4.06. The summed E-state index contributed by atoms with van der Waals surface area (Å²) in [6.45, 7) is 6.86. The monoisotopic (exact) mass is 375 g/mol. The minimum Gasteiger partial charge on any atom is -0.335 e. The lowest BCUT2D eigenvalue weighted by Gasteiger charge is -2.27. The van der Waals surface area contributed by atoms with Gasteiger partial charge in [-0.25, -0.2) is 0 Å². The van der Waals surface area contributed by atoms with Crippen molar-refractivity contribution in [3.63, 3.8) is 0 Å². The van der Waals surface area contributed by atoms with E-state index in [-0.39, 0.29) is 5.54 Å². The molecule has 0 N–H and O–H groups in total. The molecule has 1 aromatic heterocycles. The number of nitrogens with zero attached hydrogens (tertiary/aromatic N) is 1. The number of benzene rings is 4. The van der Waals surface area contributed by atoms with Gasteiger partial charge >= 0.3 is 0 Å². The van der Waals surface area contributed by atoms with E-state index in [1.54, 1.807) is 0 Å². The average Bonchev–Trinajstić information content (AvgIpc) is 2.78. The van der Waals surface area contributed by atoms with Gasteiger partial charge in [0, 0.05) is 27.3 Å². The summed E-state index contributed by atoms with van der Waals surface area (Å²) in [6.07, 6.45) is 0. The van der Waals surface area contributed by atoms with Crippen LogP contribution >= 0.6 is 0 Å². The molecule has 0 atom stereocenters. The van der Waals surface area contributed by atoms with Crippen molar-refractivity contribution >= 4 is 43.4 Å². The maximum absolute atomic E-state index is 2.50. The smallest absolute Gasteiger partial charge is 0.0495 e. The Morgan fingerprint density at radius 2 is 0.690 bits per heavy atom. The van der Waals surface area contributed by atoms with Crippen LogP contribution in [0.15, 0.2) is 97.1 Å². The number of aromatic nitrogens is 1. The van der Waals surface area contributed by atoms with E-state index in [1.165, 1.54) is 43.4 Å². The van der Waals surface area contributed by atoms with Gasteiger partial charge in [0.15, 0.2) is 0 Å². The van der Waals surface area contributed by atoms with E-state index in [2.05, 4.69) is 122 Å². The van der Waals surface area contributed by atoms with Crippen LogP contribution in [0.1, 0.15) is 20.8 Å². The molecule has 0 saturated carbocycles. The van der Waals surface area contributed by atoms with Crippen LogP contribution in [0.2, 0.25) is 0 Å². The van der Waals surface area contributed by atoms with E-state index in [0.717, 1.165) is 0 Å². The van der Waals surface area contributed by atoms with Crippen molar-refractivity contribution in [3.8, 4) is 0 Å². The molecule has 1 heterocycles. The molecule has 1 heteroatoms. The molecular weight excluding hydrogens is 350 g/mol. The van der Waals surface area contributed by atoms with Gasteiger partial charge in [0.1, 0.15) is 0 Å². The summed E-state index contributed by atoms with van der Waals surface area (Å²) < 4.78 is 2.50. The van der Waals surface area contributed by atoms with Gasteiger partial charge in [-0.2, -0.15) is 0 Å². The Hall–Kier alpha value is -3.32. The quantitative estimate of drug-likeness (QED) is 0.258. The molecule has 0 aliphatic rings. The largest absolute Gasteiger partial charge is 0.335 e. The Morgan fingerprint density at radius 3 is 1.03 bits per heavy atom. The van der Waals surface area contributed by atoms with Crippen LogP contribution in [0, 0.1) is 0 Å². The van der Waals surface area contributed by atoms with Gasteiger partial charge in [-0.15, -0.1) is 0 Å². The van der Waals surface area contributed by atoms with Crippen LogP contribution in [0.3, 0.4) is 0 Å². The summed E-state index contributed by atoms with van der Waals surface area (Å²) in [7, 11) is 0. The first kappa shape index (κ1) is 17.8. The maximum atomic E-state index is 2.50. The molecule has 5 rings (SSSR count). The molecular formula is C28H25N. The molecule has 0 aliphatic carbocycles. The Bertz CT molecular complexity index is 1330. The second-order valence-electron chi connectivity index (χ2n) is 8.63. The van der Waals surface area contributed by atoms with Crippen LogP contribution in [0.5, 0.6) is 0 Å². The minimum absolute atomic E-state index is 0.0829. The lowest BCUT2D eigenvalue weighted by Crippen LogP contribution is -2.22. The molecule has 0 amide bonds. The molecule has 0 radical (unpaired) electrons. The number of hydrogen-bond acceptors (Lipinski definition) is 0. The van der Waals surface area contributed by atoms with Crippen LogP contribution in [-0.2, 0) is 5.54 Å². The summed E-state index contributed by atoms with van der Waals surface area (Å²) in [5.74, 6) is 0. The molecule has 0 bridgehead atoms. The summed E-state index contributed by atoms with van der Waals surface area (Å²) >= 11 is 0. The fourth-order valence-corrected chi connectivity index (χ4v) is 4.55. The van der Waals surface area contributed by atoms with Crippen LogP contribution in [0.25, 0.3) is 43.4 Å². The van der Waals surface area contributed by atoms with Gasteiger partial charge in [0.2, 0.25) is 0 Å². The number of para-hydroxylation sites is 2. The molecule has 0 unspecified atom stereocenters. The number of hydrogen-bond donors (Lipinski definition) is 0. The van der Waals surface area contributed by atoms with Gasteiger partial charge < -0.3 is 4.57 Å². The number of fused-ring (bicyclic) bond motifs is 7. The predicted octanol–water partition coefficient (Wildman–Crippen LogP) is 7.98. The molecule has 0 fully saturated rings. The topological polar surface area (TPSA) is 4.93 Å². The van der Waals surface area contributed by atoms with Gasteiger partial charge in [-0.3, -0.25) is 0 Å². The standard InChI is InChI=1S/C28H25N/c1-28(2,3)29-26-18-10-8-16-24(26)22-14-6-4-12-20(22)21-13-5-7-15-23(21)25-17-9-11-19-27(25)29/h4-19H,1-3H3. The van der Waals surface area contributed by atoms with Crippen molar-refractivity contribution < 1.29 is 0 Å². The Balaban J connectivity index is 2.32. The van der Waals surface area contributed by atoms with Gasteiger partial charge in [0.05, 0.1) is 0 Å². The fraction of sp³-hybridized carbons (Fsp3) is 0.143. The summed E-state index contributed by atoms with van der Waals surface area (Å²) in [6, 6.07) is 35.2. The highest BCUT2D eigenvalue weighted by Gasteiger charge is 2.17. The van der Waals surface area contributed by atoms with E-state index < -0.39 is 0 Å². The van der Waals surface area contributed by atoms with E-state index in [9.17, 15) is 0 Å². The third-order valence-corrected chi connectivity index (χ3v) is 5.69. The SMILES string of the molecule is CC(C)(C)n1c2ccccc2c2ccccc2c2ccccc2c2ccccc21. The Morgan fingerprint density at radius 1 is 0.414 bits per heavy atom. The van der Waals surface area contributed by atoms with Crippen molar-refractivity contribution in [3.05, 3.63) is 97.1 Å². The minimum atomic E-state index is -0.0829. The summed E-state index contributed by atoms with van der Waals surface area (Å²) in [5, 5.41) is 7.64. The van der Waals surface area contributed by atoms with Crippen molar-refractivity contribution in [2.24, 2.45) is 0 Å². The van der Waals surface area contributed by atoms with Gasteiger partial charge in [-0.1, -0.05) is 84.9 Å². The van der Waals surface area contributed by atoms with E-state index in [0.29, 0.717) is 0 Å². The summed E-state index contributed by atoms with van der Waals surface area (Å²) in [5.41, 5.74) is 2.40. The zero-order valence-corrected chi connectivity index (χ0v) is 17.2. The maximum Gasteiger partial charge on any atom is 0.0495 e. The average molecular weight is 376 g/mol. The molecule has 1 nitrogen and oxygen atoms in total. The molecule has 29 heavy (non-hydrogen) atoms. The first-order valence-corrected chi connectivity index (χ1v) is 10.2. The number of rotatable bonds is 0. The van der Waals surface area contributed by atoms with Gasteiger partial charge in [0.25, 0.3) is 0 Å². The van der Waals surface area contributed by atoms with E-state index in [1.807, 2.05) is 0 Å². The van der Waals surface area contributed by atoms with Crippen LogP contribution in [-0.4, -0.2) is 4.57 Å². The normalized spacial score (nSPS) is 12.0. The van der Waals surface area contributed by atoms with Crippen LogP contribution in [0.4, 0.5) is 0 Å². The first-order valence-electron chi connectivity index (χ1n) is 10.2. The van der Waals surface area contributed by atoms with E-state index >= 15 is 0 Å². The zero-order valence-electron chi connectivity index (χ0n) is 17.2. The molecule has 0 saturated heterocycles. The molecule has 4 aromatic carbocycles. The molecule has 5 aromatic rings. The lowest BCUT2D eigenvalue weighted by atomic mass is 10.0. The lowest BCUT2D eigenvalue weighted by molar-refractivity contribution is 0.422. The second-order valence-corrected chi connectivity index (χ2v) is 8.63. The Labute approximate surface area is 171 Å². The fourth-order valence-electron chi connectivity index (χ4n) is 4.55. The molecule has 0 aliphatic heterocycles. The highest BCUT2D eigenvalue weighted by atomic mass is 15.0.